The van der Waals surface area contributed by atoms with Gasteiger partial charge < -0.3 is 9.84 Å². The lowest BCUT2D eigenvalue weighted by Gasteiger charge is -2.08. The molecule has 0 spiro atoms. The molecule has 4 nitrogen and oxygen atoms in total. The van der Waals surface area contributed by atoms with E-state index in [0.29, 0.717) is 16.5 Å². The molecule has 0 atom stereocenters. The Labute approximate surface area is 98.0 Å². The maximum atomic E-state index is 9.11. The van der Waals surface area contributed by atoms with Crippen molar-refractivity contribution < 1.29 is 9.84 Å². The fraction of sp³-hybridized carbons (Fsp3) is 0.182. The number of aliphatic hydroxyl groups excluding tert-OH is 1. The van der Waals surface area contributed by atoms with E-state index in [9.17, 15) is 0 Å². The lowest BCUT2D eigenvalue weighted by molar-refractivity contribution is 0.272. The third kappa shape index (κ3) is 1.77. The van der Waals surface area contributed by atoms with Crippen LogP contribution in [0.3, 0.4) is 0 Å². The van der Waals surface area contributed by atoms with Gasteiger partial charge in [-0.1, -0.05) is 23.7 Å². The van der Waals surface area contributed by atoms with Crippen molar-refractivity contribution in [3.05, 3.63) is 41.0 Å². The summed E-state index contributed by atoms with van der Waals surface area (Å²) in [6.07, 6.45) is 1.56. The predicted octanol–water partition coefficient (Wildman–Crippen LogP) is 2.03. The Morgan fingerprint density at radius 1 is 1.44 bits per heavy atom. The van der Waals surface area contributed by atoms with Crippen molar-refractivity contribution in [2.75, 3.05) is 7.11 Å². The molecule has 0 radical (unpaired) electrons. The largest absolute Gasteiger partial charge is 0.481 e. The topological polar surface area (TPSA) is 47.3 Å². The molecule has 0 aliphatic carbocycles. The van der Waals surface area contributed by atoms with E-state index in [-0.39, 0.29) is 6.61 Å². The van der Waals surface area contributed by atoms with Crippen molar-refractivity contribution in [3.63, 3.8) is 0 Å². The molecule has 0 aliphatic heterocycles. The number of benzene rings is 1. The Morgan fingerprint density at radius 3 is 2.81 bits per heavy atom. The number of aliphatic hydroxyl groups is 1. The Kier molecular flexibility index (Phi) is 3.12. The molecule has 1 aromatic heterocycles. The predicted molar refractivity (Wildman–Crippen MR) is 61.0 cm³/mol. The van der Waals surface area contributed by atoms with Crippen LogP contribution in [0.25, 0.3) is 5.69 Å². The first-order chi connectivity index (χ1) is 7.77. The van der Waals surface area contributed by atoms with Crippen molar-refractivity contribution in [2.45, 2.75) is 6.61 Å². The molecule has 1 N–H and O–H groups in total. The molecular weight excluding hydrogens is 228 g/mol. The number of methoxy groups -OCH3 is 1. The second-order valence-electron chi connectivity index (χ2n) is 3.20. The molecule has 2 rings (SSSR count). The molecule has 0 unspecified atom stereocenters. The summed E-state index contributed by atoms with van der Waals surface area (Å²) in [5.41, 5.74) is 1.35. The number of nitrogens with zero attached hydrogens (tertiary/aromatic N) is 2. The van der Waals surface area contributed by atoms with Crippen molar-refractivity contribution in [2.24, 2.45) is 0 Å². The van der Waals surface area contributed by atoms with Gasteiger partial charge in [-0.2, -0.15) is 9.78 Å². The summed E-state index contributed by atoms with van der Waals surface area (Å²) in [6.45, 7) is -0.117. The highest BCUT2D eigenvalue weighted by molar-refractivity contribution is 6.32. The minimum absolute atomic E-state index is 0.117. The zero-order valence-corrected chi connectivity index (χ0v) is 9.48. The third-order valence-corrected chi connectivity index (χ3v) is 2.56. The highest BCUT2D eigenvalue weighted by Gasteiger charge is 2.13. The van der Waals surface area contributed by atoms with Gasteiger partial charge in [-0.3, -0.25) is 0 Å². The van der Waals surface area contributed by atoms with E-state index >= 15 is 0 Å². The minimum atomic E-state index is -0.117. The van der Waals surface area contributed by atoms with Crippen LogP contribution in [0.5, 0.6) is 5.88 Å². The van der Waals surface area contributed by atoms with Gasteiger partial charge >= 0.3 is 0 Å². The number of hydrogen-bond donors (Lipinski definition) is 1. The molecule has 16 heavy (non-hydrogen) atoms. The molecule has 0 saturated heterocycles. The number of aromatic nitrogens is 2. The van der Waals surface area contributed by atoms with Crippen LogP contribution in [0.1, 0.15) is 5.56 Å². The Balaban J connectivity index is 2.56. The fourth-order valence-corrected chi connectivity index (χ4v) is 1.71. The molecule has 1 aromatic carbocycles. The maximum Gasteiger partial charge on any atom is 0.222 e. The summed E-state index contributed by atoms with van der Waals surface area (Å²) >= 11 is 6.06. The molecule has 0 fully saturated rings. The van der Waals surface area contributed by atoms with Gasteiger partial charge in [0.1, 0.15) is 0 Å². The van der Waals surface area contributed by atoms with E-state index in [0.717, 1.165) is 5.69 Å². The summed E-state index contributed by atoms with van der Waals surface area (Å²) in [7, 11) is 1.53. The lowest BCUT2D eigenvalue weighted by atomic mass is 10.3. The van der Waals surface area contributed by atoms with Crippen LogP contribution in [0.4, 0.5) is 0 Å². The monoisotopic (exact) mass is 238 g/mol. The highest BCUT2D eigenvalue weighted by atomic mass is 35.5. The van der Waals surface area contributed by atoms with Crippen molar-refractivity contribution >= 4 is 11.6 Å². The molecule has 0 saturated carbocycles. The highest BCUT2D eigenvalue weighted by Crippen LogP contribution is 2.26. The van der Waals surface area contributed by atoms with Gasteiger partial charge in [0.05, 0.1) is 36.2 Å². The SMILES string of the molecule is COc1c(CO)cnn1-c1ccccc1Cl. The zero-order valence-electron chi connectivity index (χ0n) is 8.72. The van der Waals surface area contributed by atoms with E-state index < -0.39 is 0 Å². The first-order valence-corrected chi connectivity index (χ1v) is 5.12. The summed E-state index contributed by atoms with van der Waals surface area (Å²) in [5, 5.41) is 13.8. The van der Waals surface area contributed by atoms with Crippen LogP contribution in [-0.4, -0.2) is 22.0 Å². The smallest absolute Gasteiger partial charge is 0.222 e. The summed E-state index contributed by atoms with van der Waals surface area (Å²) in [4.78, 5) is 0. The Hall–Kier alpha value is -1.52. The van der Waals surface area contributed by atoms with Crippen LogP contribution in [-0.2, 0) is 6.61 Å². The zero-order chi connectivity index (χ0) is 11.5. The molecule has 84 valence electrons. The standard InChI is InChI=1S/C11H11ClN2O2/c1-16-11-8(7-15)6-13-14(11)10-5-3-2-4-9(10)12/h2-6,15H,7H2,1H3. The first kappa shape index (κ1) is 11.0. The van der Waals surface area contributed by atoms with Gasteiger partial charge in [0.2, 0.25) is 5.88 Å². The van der Waals surface area contributed by atoms with Crippen molar-refractivity contribution in [3.8, 4) is 11.6 Å². The molecule has 0 bridgehead atoms. The van der Waals surface area contributed by atoms with Crippen LogP contribution in [0.2, 0.25) is 5.02 Å². The van der Waals surface area contributed by atoms with Gasteiger partial charge in [-0.15, -0.1) is 0 Å². The van der Waals surface area contributed by atoms with Crippen LogP contribution >= 0.6 is 11.6 Å². The number of halogens is 1. The minimum Gasteiger partial charge on any atom is -0.481 e. The summed E-state index contributed by atoms with van der Waals surface area (Å²) < 4.78 is 6.76. The van der Waals surface area contributed by atoms with Gasteiger partial charge in [0, 0.05) is 0 Å². The molecular formula is C11H11ClN2O2. The van der Waals surface area contributed by atoms with E-state index in [1.165, 1.54) is 7.11 Å². The van der Waals surface area contributed by atoms with Crippen molar-refractivity contribution in [1.82, 2.24) is 9.78 Å². The Bertz CT molecular complexity index is 496. The quantitative estimate of drug-likeness (QED) is 0.890. The number of rotatable bonds is 3. The van der Waals surface area contributed by atoms with Crippen LogP contribution in [0, 0.1) is 0 Å². The average molecular weight is 239 g/mol. The third-order valence-electron chi connectivity index (χ3n) is 2.24. The van der Waals surface area contributed by atoms with Crippen molar-refractivity contribution in [1.29, 1.82) is 0 Å². The maximum absolute atomic E-state index is 9.11. The van der Waals surface area contributed by atoms with E-state index in [1.54, 1.807) is 16.9 Å². The first-order valence-electron chi connectivity index (χ1n) is 4.74. The molecule has 5 heteroatoms. The molecule has 1 heterocycles. The van der Waals surface area contributed by atoms with E-state index in [1.807, 2.05) is 18.2 Å². The average Bonchev–Trinajstić information content (AvgIpc) is 2.72. The molecule has 2 aromatic rings. The normalized spacial score (nSPS) is 10.4. The van der Waals surface area contributed by atoms with Gasteiger partial charge in [0.15, 0.2) is 0 Å². The Morgan fingerprint density at radius 2 is 2.19 bits per heavy atom. The number of ether oxygens (including phenoxy) is 1. The number of hydrogen-bond acceptors (Lipinski definition) is 3. The van der Waals surface area contributed by atoms with Gasteiger partial charge in [0.25, 0.3) is 0 Å². The van der Waals surface area contributed by atoms with E-state index in [4.69, 9.17) is 21.4 Å². The molecule has 0 aliphatic rings. The van der Waals surface area contributed by atoms with Gasteiger partial charge in [-0.05, 0) is 12.1 Å². The van der Waals surface area contributed by atoms with Gasteiger partial charge in [-0.25, -0.2) is 0 Å². The second-order valence-corrected chi connectivity index (χ2v) is 3.61. The number of para-hydroxylation sites is 1. The van der Waals surface area contributed by atoms with E-state index in [2.05, 4.69) is 5.10 Å². The van der Waals surface area contributed by atoms with Crippen LogP contribution in [0.15, 0.2) is 30.5 Å². The lowest BCUT2D eigenvalue weighted by Crippen LogP contribution is -2.01. The molecule has 0 amide bonds. The second kappa shape index (κ2) is 4.55. The van der Waals surface area contributed by atoms with Crippen LogP contribution < -0.4 is 4.74 Å². The summed E-state index contributed by atoms with van der Waals surface area (Å²) in [6, 6.07) is 7.31. The fourth-order valence-electron chi connectivity index (χ4n) is 1.49. The summed E-state index contributed by atoms with van der Waals surface area (Å²) in [5.74, 6) is 0.496.